The van der Waals surface area contributed by atoms with Gasteiger partial charge in [0.15, 0.2) is 11.5 Å². The van der Waals surface area contributed by atoms with Crippen molar-refractivity contribution in [2.24, 2.45) is 5.73 Å². The molecule has 2 N–H and O–H groups in total. The zero-order valence-electron chi connectivity index (χ0n) is 16.0. The van der Waals surface area contributed by atoms with Crippen LogP contribution in [0.2, 0.25) is 0 Å². The molecule has 0 amide bonds. The van der Waals surface area contributed by atoms with Gasteiger partial charge in [-0.1, -0.05) is 12.1 Å². The summed E-state index contributed by atoms with van der Waals surface area (Å²) >= 11 is 0. The van der Waals surface area contributed by atoms with Crippen molar-refractivity contribution in [3.8, 4) is 17.2 Å². The van der Waals surface area contributed by atoms with E-state index >= 15 is 0 Å². The Hall–Kier alpha value is -2.24. The van der Waals surface area contributed by atoms with Gasteiger partial charge in [-0.3, -0.25) is 4.90 Å². The van der Waals surface area contributed by atoms with E-state index in [4.69, 9.17) is 19.9 Å². The molecule has 2 aromatic rings. The number of benzene rings is 2. The van der Waals surface area contributed by atoms with Crippen molar-refractivity contribution >= 4 is 0 Å². The number of hydrogen-bond acceptors (Lipinski definition) is 5. The van der Waals surface area contributed by atoms with Crippen molar-refractivity contribution in [2.45, 2.75) is 32.0 Å². The van der Waals surface area contributed by atoms with Gasteiger partial charge < -0.3 is 19.9 Å². The minimum absolute atomic E-state index is 0.00208. The second-order valence-corrected chi connectivity index (χ2v) is 6.78. The van der Waals surface area contributed by atoms with Crippen molar-refractivity contribution in [3.05, 3.63) is 53.1 Å². The van der Waals surface area contributed by atoms with E-state index in [1.807, 2.05) is 12.1 Å². The third-order valence-electron chi connectivity index (χ3n) is 5.04. The third kappa shape index (κ3) is 3.64. The molecule has 2 aromatic carbocycles. The van der Waals surface area contributed by atoms with Crippen LogP contribution in [-0.2, 0) is 13.0 Å². The molecule has 0 bridgehead atoms. The molecule has 0 fully saturated rings. The van der Waals surface area contributed by atoms with Crippen LogP contribution in [0.4, 0.5) is 0 Å². The average molecular weight is 356 g/mol. The van der Waals surface area contributed by atoms with Crippen molar-refractivity contribution in [3.63, 3.8) is 0 Å². The van der Waals surface area contributed by atoms with Gasteiger partial charge in [-0.05, 0) is 54.3 Å². The summed E-state index contributed by atoms with van der Waals surface area (Å²) in [5.74, 6) is 2.40. The zero-order valence-corrected chi connectivity index (χ0v) is 16.0. The highest BCUT2D eigenvalue weighted by Crippen LogP contribution is 2.39. The maximum atomic E-state index is 6.41. The van der Waals surface area contributed by atoms with E-state index in [2.05, 4.69) is 36.1 Å². The molecule has 140 valence electrons. The molecule has 0 saturated heterocycles. The molecular formula is C21H28N2O3. The Bertz CT molecular complexity index is 761. The lowest BCUT2D eigenvalue weighted by Gasteiger charge is -2.40. The molecule has 0 unspecified atom stereocenters. The number of ether oxygens (including phenoxy) is 3. The molecule has 0 aromatic heterocycles. The maximum absolute atomic E-state index is 6.41. The van der Waals surface area contributed by atoms with Crippen LogP contribution in [0.25, 0.3) is 0 Å². The average Bonchev–Trinajstić information content (AvgIpc) is 2.66. The second kappa shape index (κ2) is 7.98. The van der Waals surface area contributed by atoms with E-state index in [1.54, 1.807) is 21.3 Å². The normalized spacial score (nSPS) is 18.1. The summed E-state index contributed by atoms with van der Waals surface area (Å²) in [5.41, 5.74) is 10.1. The fourth-order valence-corrected chi connectivity index (χ4v) is 3.83. The molecule has 0 spiro atoms. The molecule has 2 atom stereocenters. The Kier molecular flexibility index (Phi) is 5.69. The van der Waals surface area contributed by atoms with Crippen LogP contribution in [-0.4, -0.2) is 38.8 Å². The molecule has 1 aliphatic heterocycles. The first-order chi connectivity index (χ1) is 12.6. The predicted octanol–water partition coefficient (Wildman–Crippen LogP) is 3.16. The Labute approximate surface area is 155 Å². The first-order valence-corrected chi connectivity index (χ1v) is 8.94. The van der Waals surface area contributed by atoms with Crippen LogP contribution in [0.15, 0.2) is 36.4 Å². The van der Waals surface area contributed by atoms with Gasteiger partial charge in [0, 0.05) is 19.1 Å². The molecular weight excluding hydrogens is 328 g/mol. The monoisotopic (exact) mass is 356 g/mol. The minimum atomic E-state index is -0.00208. The summed E-state index contributed by atoms with van der Waals surface area (Å²) in [6.07, 6.45) is 0.961. The SMILES string of the molecule is COc1cccc(CN2CCc3cc(OC)c(OC)cc3[C@H]2[C@@H](C)N)c1. The molecule has 5 heteroatoms. The van der Waals surface area contributed by atoms with E-state index in [9.17, 15) is 0 Å². The van der Waals surface area contributed by atoms with E-state index in [1.165, 1.54) is 16.7 Å². The van der Waals surface area contributed by atoms with Crippen molar-refractivity contribution in [1.82, 2.24) is 4.90 Å². The largest absolute Gasteiger partial charge is 0.497 e. The van der Waals surface area contributed by atoms with E-state index in [0.717, 1.165) is 36.8 Å². The topological polar surface area (TPSA) is 57.0 Å². The van der Waals surface area contributed by atoms with Crippen LogP contribution in [0.3, 0.4) is 0 Å². The molecule has 3 rings (SSSR count). The van der Waals surface area contributed by atoms with Crippen LogP contribution >= 0.6 is 0 Å². The van der Waals surface area contributed by atoms with E-state index < -0.39 is 0 Å². The Morgan fingerprint density at radius 1 is 1.08 bits per heavy atom. The molecule has 1 heterocycles. The number of nitrogens with two attached hydrogens (primary N) is 1. The van der Waals surface area contributed by atoms with Crippen LogP contribution in [0.1, 0.15) is 29.7 Å². The Balaban J connectivity index is 1.94. The number of fused-ring (bicyclic) bond motifs is 1. The van der Waals surface area contributed by atoms with Gasteiger partial charge >= 0.3 is 0 Å². The lowest BCUT2D eigenvalue weighted by molar-refractivity contribution is 0.155. The number of rotatable bonds is 6. The lowest BCUT2D eigenvalue weighted by Crippen LogP contribution is -2.43. The summed E-state index contributed by atoms with van der Waals surface area (Å²) in [6, 6.07) is 12.5. The summed E-state index contributed by atoms with van der Waals surface area (Å²) < 4.78 is 16.3. The van der Waals surface area contributed by atoms with Gasteiger partial charge in [-0.2, -0.15) is 0 Å². The molecule has 0 aliphatic carbocycles. The van der Waals surface area contributed by atoms with Gasteiger partial charge in [0.2, 0.25) is 0 Å². The van der Waals surface area contributed by atoms with Crippen molar-refractivity contribution in [2.75, 3.05) is 27.9 Å². The van der Waals surface area contributed by atoms with Crippen LogP contribution < -0.4 is 19.9 Å². The van der Waals surface area contributed by atoms with E-state index in [0.29, 0.717) is 0 Å². The highest BCUT2D eigenvalue weighted by atomic mass is 16.5. The van der Waals surface area contributed by atoms with Gasteiger partial charge in [0.1, 0.15) is 5.75 Å². The van der Waals surface area contributed by atoms with Gasteiger partial charge in [-0.15, -0.1) is 0 Å². The number of methoxy groups -OCH3 is 3. The summed E-state index contributed by atoms with van der Waals surface area (Å²) in [6.45, 7) is 3.85. The zero-order chi connectivity index (χ0) is 18.7. The Morgan fingerprint density at radius 2 is 1.81 bits per heavy atom. The van der Waals surface area contributed by atoms with Crippen molar-refractivity contribution < 1.29 is 14.2 Å². The lowest BCUT2D eigenvalue weighted by atomic mass is 9.88. The minimum Gasteiger partial charge on any atom is -0.497 e. The smallest absolute Gasteiger partial charge is 0.161 e. The summed E-state index contributed by atoms with van der Waals surface area (Å²) in [5, 5.41) is 0. The fraction of sp³-hybridized carbons (Fsp3) is 0.429. The fourth-order valence-electron chi connectivity index (χ4n) is 3.83. The predicted molar refractivity (Wildman–Crippen MR) is 103 cm³/mol. The molecule has 5 nitrogen and oxygen atoms in total. The summed E-state index contributed by atoms with van der Waals surface area (Å²) in [7, 11) is 5.04. The first kappa shape index (κ1) is 18.5. The Morgan fingerprint density at radius 3 is 2.46 bits per heavy atom. The molecule has 1 aliphatic rings. The second-order valence-electron chi connectivity index (χ2n) is 6.78. The highest BCUT2D eigenvalue weighted by molar-refractivity contribution is 5.50. The quantitative estimate of drug-likeness (QED) is 0.862. The number of hydrogen-bond donors (Lipinski definition) is 1. The molecule has 0 radical (unpaired) electrons. The third-order valence-corrected chi connectivity index (χ3v) is 5.04. The summed E-state index contributed by atoms with van der Waals surface area (Å²) in [4.78, 5) is 2.44. The van der Waals surface area contributed by atoms with Crippen LogP contribution in [0.5, 0.6) is 17.2 Å². The first-order valence-electron chi connectivity index (χ1n) is 8.94. The number of nitrogens with zero attached hydrogens (tertiary/aromatic N) is 1. The standard InChI is InChI=1S/C21H28N2O3/c1-14(22)21-18-12-20(26-4)19(25-3)11-16(18)8-9-23(21)13-15-6-5-7-17(10-15)24-2/h5-7,10-12,14,21H,8-9,13,22H2,1-4H3/t14-,21-/m1/s1. The molecule has 26 heavy (non-hydrogen) atoms. The van der Waals surface area contributed by atoms with Gasteiger partial charge in [0.05, 0.1) is 27.4 Å². The molecule has 0 saturated carbocycles. The maximum Gasteiger partial charge on any atom is 0.161 e. The van der Waals surface area contributed by atoms with Gasteiger partial charge in [0.25, 0.3) is 0 Å². The van der Waals surface area contributed by atoms with Gasteiger partial charge in [-0.25, -0.2) is 0 Å². The van der Waals surface area contributed by atoms with Crippen molar-refractivity contribution in [1.29, 1.82) is 0 Å². The van der Waals surface area contributed by atoms with Crippen LogP contribution in [0, 0.1) is 0 Å². The highest BCUT2D eigenvalue weighted by Gasteiger charge is 2.31. The van der Waals surface area contributed by atoms with E-state index in [-0.39, 0.29) is 12.1 Å².